The highest BCUT2D eigenvalue weighted by molar-refractivity contribution is 5.25. The molecule has 2 nitrogen and oxygen atoms in total. The maximum Gasteiger partial charge on any atom is 0.165 e. The highest BCUT2D eigenvalue weighted by Crippen LogP contribution is 2.14. The Morgan fingerprint density at radius 2 is 1.56 bits per heavy atom. The third-order valence-electron chi connectivity index (χ3n) is 2.25. The van der Waals surface area contributed by atoms with Crippen molar-refractivity contribution in [2.45, 2.75) is 13.3 Å². The summed E-state index contributed by atoms with van der Waals surface area (Å²) in [4.78, 5) is 0. The van der Waals surface area contributed by atoms with E-state index in [1.807, 2.05) is 12.1 Å². The van der Waals surface area contributed by atoms with Gasteiger partial charge in [-0.3, -0.25) is 0 Å². The molecule has 0 saturated carbocycles. The van der Waals surface area contributed by atoms with Gasteiger partial charge in [0.1, 0.15) is 11.6 Å². The molecule has 0 radical (unpaired) electrons. The van der Waals surface area contributed by atoms with Crippen LogP contribution in [0.15, 0.2) is 42.5 Å². The van der Waals surface area contributed by atoms with Crippen LogP contribution in [-0.4, -0.2) is 10.2 Å². The fourth-order valence-corrected chi connectivity index (χ4v) is 1.22. The van der Waals surface area contributed by atoms with Crippen molar-refractivity contribution in [1.82, 2.24) is 0 Å². The number of aromatic hydroxyl groups is 2. The van der Waals surface area contributed by atoms with E-state index in [0.717, 1.165) is 24.6 Å². The first-order chi connectivity index (χ1) is 8.52. The van der Waals surface area contributed by atoms with Gasteiger partial charge in [-0.1, -0.05) is 19.1 Å². The lowest BCUT2D eigenvalue weighted by molar-refractivity contribution is 0.426. The van der Waals surface area contributed by atoms with E-state index in [-0.39, 0.29) is 0 Å². The van der Waals surface area contributed by atoms with Crippen LogP contribution in [0, 0.1) is 11.6 Å². The molecule has 96 valence electrons. The number of benzene rings is 2. The Balaban J connectivity index is 0.000000180. The average molecular weight is 252 g/mol. The van der Waals surface area contributed by atoms with Gasteiger partial charge in [-0.25, -0.2) is 8.78 Å². The van der Waals surface area contributed by atoms with Crippen LogP contribution in [0.4, 0.5) is 8.78 Å². The Morgan fingerprint density at radius 3 is 2.00 bits per heavy atom. The van der Waals surface area contributed by atoms with E-state index < -0.39 is 17.4 Å². The molecule has 2 rings (SSSR count). The van der Waals surface area contributed by atoms with Gasteiger partial charge in [0, 0.05) is 6.07 Å². The predicted octanol–water partition coefficient (Wildman–Crippen LogP) is 3.63. The summed E-state index contributed by atoms with van der Waals surface area (Å²) in [6, 6.07) is 9.79. The zero-order valence-electron chi connectivity index (χ0n) is 9.90. The van der Waals surface area contributed by atoms with Gasteiger partial charge in [0.2, 0.25) is 0 Å². The van der Waals surface area contributed by atoms with E-state index in [4.69, 9.17) is 10.2 Å². The topological polar surface area (TPSA) is 40.5 Å². The summed E-state index contributed by atoms with van der Waals surface area (Å²) in [6.07, 6.45) is 1.03. The van der Waals surface area contributed by atoms with Crippen LogP contribution in [0.5, 0.6) is 11.5 Å². The number of phenols is 2. The van der Waals surface area contributed by atoms with Gasteiger partial charge in [0.25, 0.3) is 0 Å². The first-order valence-electron chi connectivity index (χ1n) is 5.45. The van der Waals surface area contributed by atoms with Crippen molar-refractivity contribution >= 4 is 0 Å². The summed E-state index contributed by atoms with van der Waals surface area (Å²) < 4.78 is 24.1. The first kappa shape index (κ1) is 14.0. The molecular weight excluding hydrogens is 238 g/mol. The van der Waals surface area contributed by atoms with Crippen molar-refractivity contribution in [3.05, 3.63) is 59.7 Å². The van der Waals surface area contributed by atoms with Crippen LogP contribution in [0.25, 0.3) is 0 Å². The molecule has 0 saturated heterocycles. The lowest BCUT2D eigenvalue weighted by Gasteiger charge is -1.93. The van der Waals surface area contributed by atoms with Crippen LogP contribution < -0.4 is 0 Å². The Morgan fingerprint density at radius 1 is 0.944 bits per heavy atom. The molecule has 0 atom stereocenters. The Kier molecular flexibility index (Phi) is 5.11. The number of aryl methyl sites for hydroxylation is 1. The summed E-state index contributed by atoms with van der Waals surface area (Å²) in [6.45, 7) is 2.09. The second-order valence-electron chi connectivity index (χ2n) is 3.62. The SMILES string of the molecule is CCc1ccc(O)cc1.Oc1cc(F)ccc1F. The minimum absolute atomic E-state index is 0.340. The molecule has 2 aromatic carbocycles. The summed E-state index contributed by atoms with van der Waals surface area (Å²) in [5, 5.41) is 17.3. The largest absolute Gasteiger partial charge is 0.508 e. The van der Waals surface area contributed by atoms with Gasteiger partial charge in [-0.2, -0.15) is 0 Å². The molecule has 0 unspecified atom stereocenters. The fourth-order valence-electron chi connectivity index (χ4n) is 1.22. The number of phenolic OH excluding ortho intramolecular Hbond substituents is 2. The Labute approximate surface area is 104 Å². The van der Waals surface area contributed by atoms with Gasteiger partial charge in [-0.15, -0.1) is 0 Å². The minimum atomic E-state index is -0.809. The van der Waals surface area contributed by atoms with Gasteiger partial charge < -0.3 is 10.2 Å². The molecule has 0 bridgehead atoms. The van der Waals surface area contributed by atoms with Crippen LogP contribution in [0.3, 0.4) is 0 Å². The Bertz CT molecular complexity index is 496. The van der Waals surface area contributed by atoms with E-state index in [9.17, 15) is 8.78 Å². The van der Waals surface area contributed by atoms with E-state index in [1.54, 1.807) is 12.1 Å². The van der Waals surface area contributed by atoms with E-state index >= 15 is 0 Å². The van der Waals surface area contributed by atoms with Crippen molar-refractivity contribution in [1.29, 1.82) is 0 Å². The third-order valence-corrected chi connectivity index (χ3v) is 2.25. The average Bonchev–Trinajstić information content (AvgIpc) is 2.36. The quantitative estimate of drug-likeness (QED) is 0.813. The fraction of sp³-hybridized carbons (Fsp3) is 0.143. The maximum atomic E-state index is 12.1. The smallest absolute Gasteiger partial charge is 0.165 e. The summed E-state index contributed by atoms with van der Waals surface area (Å²) in [7, 11) is 0. The number of halogens is 2. The first-order valence-corrected chi connectivity index (χ1v) is 5.45. The highest BCUT2D eigenvalue weighted by atomic mass is 19.1. The summed E-state index contributed by atoms with van der Waals surface area (Å²) in [5.41, 5.74) is 1.26. The van der Waals surface area contributed by atoms with Crippen molar-refractivity contribution in [3.8, 4) is 11.5 Å². The number of hydrogen-bond acceptors (Lipinski definition) is 2. The lowest BCUT2D eigenvalue weighted by atomic mass is 10.2. The highest BCUT2D eigenvalue weighted by Gasteiger charge is 1.98. The number of rotatable bonds is 1. The molecular formula is C14H14F2O2. The van der Waals surface area contributed by atoms with Gasteiger partial charge >= 0.3 is 0 Å². The van der Waals surface area contributed by atoms with E-state index in [0.29, 0.717) is 5.75 Å². The molecule has 0 amide bonds. The number of hydrogen-bond donors (Lipinski definition) is 2. The summed E-state index contributed by atoms with van der Waals surface area (Å²) in [5.74, 6) is -1.77. The molecule has 2 N–H and O–H groups in total. The standard InChI is InChI=1S/C8H10O.C6H4F2O/c1-2-7-3-5-8(9)6-4-7;7-4-1-2-5(8)6(9)3-4/h3-6,9H,2H2,1H3;1-3,9H. The van der Waals surface area contributed by atoms with Crippen LogP contribution in [0.1, 0.15) is 12.5 Å². The van der Waals surface area contributed by atoms with Crippen molar-refractivity contribution < 1.29 is 19.0 Å². The summed E-state index contributed by atoms with van der Waals surface area (Å²) >= 11 is 0. The normalized spacial score (nSPS) is 9.50. The molecule has 0 aliphatic heterocycles. The van der Waals surface area contributed by atoms with Gasteiger partial charge in [-0.05, 0) is 36.2 Å². The van der Waals surface area contributed by atoms with Crippen molar-refractivity contribution in [2.75, 3.05) is 0 Å². The van der Waals surface area contributed by atoms with Gasteiger partial charge in [0.05, 0.1) is 0 Å². The monoisotopic (exact) mass is 252 g/mol. The van der Waals surface area contributed by atoms with Crippen molar-refractivity contribution in [2.24, 2.45) is 0 Å². The second-order valence-corrected chi connectivity index (χ2v) is 3.62. The third kappa shape index (κ3) is 4.41. The zero-order valence-corrected chi connectivity index (χ0v) is 9.90. The van der Waals surface area contributed by atoms with Crippen LogP contribution in [-0.2, 0) is 6.42 Å². The Hall–Kier alpha value is -2.10. The molecule has 0 aliphatic carbocycles. The van der Waals surface area contributed by atoms with Crippen LogP contribution >= 0.6 is 0 Å². The molecule has 0 spiro atoms. The van der Waals surface area contributed by atoms with Crippen LogP contribution in [0.2, 0.25) is 0 Å². The predicted molar refractivity (Wildman–Crippen MR) is 65.5 cm³/mol. The van der Waals surface area contributed by atoms with E-state index in [2.05, 4.69) is 6.92 Å². The molecule has 0 heterocycles. The molecule has 0 aliphatic rings. The second kappa shape index (κ2) is 6.59. The zero-order chi connectivity index (χ0) is 13.5. The lowest BCUT2D eigenvalue weighted by Crippen LogP contribution is -1.76. The molecule has 4 heteroatoms. The van der Waals surface area contributed by atoms with E-state index in [1.165, 1.54) is 5.56 Å². The maximum absolute atomic E-state index is 12.1. The molecule has 0 fully saturated rings. The molecule has 18 heavy (non-hydrogen) atoms. The van der Waals surface area contributed by atoms with Gasteiger partial charge in [0.15, 0.2) is 11.6 Å². The molecule has 2 aromatic rings. The molecule has 0 aromatic heterocycles. The minimum Gasteiger partial charge on any atom is -0.508 e. The van der Waals surface area contributed by atoms with Crippen molar-refractivity contribution in [3.63, 3.8) is 0 Å².